The Morgan fingerprint density at radius 2 is 1.84 bits per heavy atom. The normalized spacial score (nSPS) is 11.8. The van der Waals surface area contributed by atoms with Crippen LogP contribution >= 0.6 is 0 Å². The zero-order valence-electron chi connectivity index (χ0n) is 10.4. The van der Waals surface area contributed by atoms with Crippen LogP contribution in [0.1, 0.15) is 16.8 Å². The molecule has 0 bridgehead atoms. The maximum atomic E-state index is 12.7. The third kappa shape index (κ3) is 3.57. The number of aryl methyl sites for hydroxylation is 1. The van der Waals surface area contributed by atoms with Crippen LogP contribution in [-0.2, 0) is 26.3 Å². The van der Waals surface area contributed by atoms with Gasteiger partial charge in [-0.2, -0.15) is 18.3 Å². The fraction of sp³-hybridized carbons (Fsp3) is 0.308. The minimum atomic E-state index is -4.41. The van der Waals surface area contributed by atoms with Crippen LogP contribution in [0.5, 0.6) is 0 Å². The molecule has 0 unspecified atom stereocenters. The highest BCUT2D eigenvalue weighted by Gasteiger charge is 2.36. The summed E-state index contributed by atoms with van der Waals surface area (Å²) < 4.78 is 39.3. The number of aromatic nitrogens is 2. The molecule has 2 aromatic rings. The lowest BCUT2D eigenvalue weighted by atomic mass is 10.2. The first-order chi connectivity index (χ1) is 8.97. The van der Waals surface area contributed by atoms with Crippen molar-refractivity contribution in [1.82, 2.24) is 15.1 Å². The first-order valence-corrected chi connectivity index (χ1v) is 5.81. The summed E-state index contributed by atoms with van der Waals surface area (Å²) in [5, 5.41) is 6.45. The fourth-order valence-corrected chi connectivity index (χ4v) is 1.84. The molecule has 1 N–H and O–H groups in total. The van der Waals surface area contributed by atoms with Crippen molar-refractivity contribution in [3.63, 3.8) is 0 Å². The average molecular weight is 269 g/mol. The number of rotatable bonds is 4. The molecule has 0 fully saturated rings. The molecule has 0 aliphatic carbocycles. The molecule has 1 aromatic heterocycles. The van der Waals surface area contributed by atoms with E-state index in [0.29, 0.717) is 6.54 Å². The zero-order chi connectivity index (χ0) is 13.9. The summed E-state index contributed by atoms with van der Waals surface area (Å²) >= 11 is 0. The van der Waals surface area contributed by atoms with E-state index < -0.39 is 11.9 Å². The molecule has 6 heteroatoms. The van der Waals surface area contributed by atoms with Crippen LogP contribution in [0.2, 0.25) is 0 Å². The molecular formula is C13H14F3N3. The van der Waals surface area contributed by atoms with E-state index >= 15 is 0 Å². The van der Waals surface area contributed by atoms with Gasteiger partial charge in [0.1, 0.15) is 0 Å². The van der Waals surface area contributed by atoms with Crippen LogP contribution in [0.4, 0.5) is 13.2 Å². The van der Waals surface area contributed by atoms with Crippen molar-refractivity contribution in [3.05, 3.63) is 53.3 Å². The molecule has 1 heterocycles. The second kappa shape index (κ2) is 5.44. The van der Waals surface area contributed by atoms with Crippen LogP contribution in [0.3, 0.4) is 0 Å². The van der Waals surface area contributed by atoms with Crippen molar-refractivity contribution in [1.29, 1.82) is 0 Å². The smallest absolute Gasteiger partial charge is 0.308 e. The summed E-state index contributed by atoms with van der Waals surface area (Å²) in [7, 11) is 1.48. The number of hydrogen-bond donors (Lipinski definition) is 1. The first-order valence-electron chi connectivity index (χ1n) is 5.81. The van der Waals surface area contributed by atoms with Gasteiger partial charge >= 0.3 is 6.18 Å². The van der Waals surface area contributed by atoms with Crippen LogP contribution in [-0.4, -0.2) is 9.78 Å². The van der Waals surface area contributed by atoms with Gasteiger partial charge in [0.15, 0.2) is 5.69 Å². The minimum Gasteiger partial charge on any atom is -0.308 e. The van der Waals surface area contributed by atoms with E-state index in [-0.39, 0.29) is 12.1 Å². The Morgan fingerprint density at radius 1 is 1.16 bits per heavy atom. The van der Waals surface area contributed by atoms with Crippen molar-refractivity contribution in [3.8, 4) is 0 Å². The second-order valence-electron chi connectivity index (χ2n) is 4.26. The van der Waals surface area contributed by atoms with E-state index in [1.54, 1.807) is 0 Å². The Morgan fingerprint density at radius 3 is 2.47 bits per heavy atom. The van der Waals surface area contributed by atoms with Crippen molar-refractivity contribution in [2.75, 3.05) is 0 Å². The number of benzene rings is 1. The minimum absolute atomic E-state index is 0.136. The summed E-state index contributed by atoms with van der Waals surface area (Å²) in [5.74, 6) is 0. The molecule has 0 aliphatic heterocycles. The second-order valence-corrected chi connectivity index (χ2v) is 4.26. The molecule has 0 radical (unpaired) electrons. The molecule has 0 atom stereocenters. The van der Waals surface area contributed by atoms with Crippen molar-refractivity contribution >= 4 is 0 Å². The van der Waals surface area contributed by atoms with Gasteiger partial charge in [0.05, 0.1) is 0 Å². The molecule has 0 saturated carbocycles. The molecule has 0 spiro atoms. The predicted octanol–water partition coefficient (Wildman–Crippen LogP) is 2.73. The Kier molecular flexibility index (Phi) is 3.90. The maximum absolute atomic E-state index is 12.7. The van der Waals surface area contributed by atoms with E-state index in [2.05, 4.69) is 10.4 Å². The molecule has 2 rings (SSSR count). The molecule has 3 nitrogen and oxygen atoms in total. The van der Waals surface area contributed by atoms with Crippen molar-refractivity contribution in [2.24, 2.45) is 7.05 Å². The zero-order valence-corrected chi connectivity index (χ0v) is 10.4. The number of alkyl halides is 3. The van der Waals surface area contributed by atoms with Crippen LogP contribution in [0.15, 0.2) is 36.5 Å². The van der Waals surface area contributed by atoms with E-state index in [1.807, 2.05) is 30.3 Å². The number of halogens is 3. The van der Waals surface area contributed by atoms with Gasteiger partial charge in [0.2, 0.25) is 0 Å². The molecule has 19 heavy (non-hydrogen) atoms. The number of nitrogens with zero attached hydrogens (tertiary/aromatic N) is 2. The van der Waals surface area contributed by atoms with Crippen LogP contribution in [0.25, 0.3) is 0 Å². The van der Waals surface area contributed by atoms with Gasteiger partial charge in [-0.25, -0.2) is 0 Å². The van der Waals surface area contributed by atoms with E-state index in [4.69, 9.17) is 0 Å². The van der Waals surface area contributed by atoms with Crippen LogP contribution in [0, 0.1) is 0 Å². The lowest BCUT2D eigenvalue weighted by Crippen LogP contribution is -2.16. The molecule has 0 saturated heterocycles. The summed E-state index contributed by atoms with van der Waals surface area (Å²) in [4.78, 5) is 0. The highest BCUT2D eigenvalue weighted by molar-refractivity contribution is 5.20. The van der Waals surface area contributed by atoms with Gasteiger partial charge in [-0.15, -0.1) is 0 Å². The Hall–Kier alpha value is -1.82. The van der Waals surface area contributed by atoms with E-state index in [9.17, 15) is 13.2 Å². The van der Waals surface area contributed by atoms with Gasteiger partial charge in [-0.05, 0) is 5.56 Å². The SMILES string of the molecule is Cn1cc(CNCc2ccccc2)c(C(F)(F)F)n1. The highest BCUT2D eigenvalue weighted by atomic mass is 19.4. The van der Waals surface area contributed by atoms with E-state index in [0.717, 1.165) is 5.56 Å². The number of nitrogens with one attached hydrogen (secondary N) is 1. The quantitative estimate of drug-likeness (QED) is 0.925. The molecule has 0 amide bonds. The van der Waals surface area contributed by atoms with Crippen molar-refractivity contribution in [2.45, 2.75) is 19.3 Å². The lowest BCUT2D eigenvalue weighted by molar-refractivity contribution is -0.142. The predicted molar refractivity (Wildman–Crippen MR) is 65.2 cm³/mol. The maximum Gasteiger partial charge on any atom is 0.435 e. The summed E-state index contributed by atoms with van der Waals surface area (Å²) in [6, 6.07) is 9.51. The Balaban J connectivity index is 2.00. The molecule has 1 aromatic carbocycles. The third-order valence-corrected chi connectivity index (χ3v) is 2.66. The fourth-order valence-electron chi connectivity index (χ4n) is 1.84. The molecular weight excluding hydrogens is 255 g/mol. The van der Waals surface area contributed by atoms with Crippen LogP contribution < -0.4 is 5.32 Å². The van der Waals surface area contributed by atoms with Crippen molar-refractivity contribution < 1.29 is 13.2 Å². The summed E-state index contributed by atoms with van der Waals surface area (Å²) in [6.07, 6.45) is -3.02. The Labute approximate surface area is 109 Å². The summed E-state index contributed by atoms with van der Waals surface area (Å²) in [5.41, 5.74) is 0.362. The molecule has 102 valence electrons. The number of hydrogen-bond acceptors (Lipinski definition) is 2. The Bertz CT molecular complexity index is 532. The topological polar surface area (TPSA) is 29.9 Å². The largest absolute Gasteiger partial charge is 0.435 e. The lowest BCUT2D eigenvalue weighted by Gasteiger charge is -2.07. The third-order valence-electron chi connectivity index (χ3n) is 2.66. The van der Waals surface area contributed by atoms with Gasteiger partial charge in [-0.1, -0.05) is 30.3 Å². The van der Waals surface area contributed by atoms with Gasteiger partial charge < -0.3 is 5.32 Å². The first kappa shape index (κ1) is 13.6. The molecule has 0 aliphatic rings. The van der Waals surface area contributed by atoms with Gasteiger partial charge in [0.25, 0.3) is 0 Å². The van der Waals surface area contributed by atoms with E-state index in [1.165, 1.54) is 17.9 Å². The van der Waals surface area contributed by atoms with Gasteiger partial charge in [-0.3, -0.25) is 4.68 Å². The summed E-state index contributed by atoms with van der Waals surface area (Å²) in [6.45, 7) is 0.657. The van der Waals surface area contributed by atoms with Gasteiger partial charge in [0, 0.05) is 31.9 Å². The standard InChI is InChI=1S/C13H14F3N3/c1-19-9-11(12(18-19)13(14,15)16)8-17-7-10-5-3-2-4-6-10/h2-6,9,17H,7-8H2,1H3. The highest BCUT2D eigenvalue weighted by Crippen LogP contribution is 2.30. The average Bonchev–Trinajstić information content (AvgIpc) is 2.72. The monoisotopic (exact) mass is 269 g/mol.